The van der Waals surface area contributed by atoms with Crippen LogP contribution in [0.4, 0.5) is 0 Å². The zero-order chi connectivity index (χ0) is 58.5. The molecule has 1 atom stereocenters. The van der Waals surface area contributed by atoms with Crippen molar-refractivity contribution >= 4 is 17.9 Å². The summed E-state index contributed by atoms with van der Waals surface area (Å²) in [5.41, 5.74) is 0. The van der Waals surface area contributed by atoms with Crippen LogP contribution < -0.4 is 0 Å². The summed E-state index contributed by atoms with van der Waals surface area (Å²) in [6.07, 6.45) is 96.6. The van der Waals surface area contributed by atoms with Crippen LogP contribution in [0.2, 0.25) is 0 Å². The summed E-state index contributed by atoms with van der Waals surface area (Å²) in [5, 5.41) is 0. The molecule has 6 nitrogen and oxygen atoms in total. The maximum atomic E-state index is 12.8. The largest absolute Gasteiger partial charge is 0.462 e. The summed E-state index contributed by atoms with van der Waals surface area (Å²) in [5.74, 6) is -0.926. The first-order valence-corrected chi connectivity index (χ1v) is 33.7. The second-order valence-corrected chi connectivity index (χ2v) is 22.0. The van der Waals surface area contributed by atoms with Gasteiger partial charge in [0.05, 0.1) is 0 Å². The summed E-state index contributed by atoms with van der Waals surface area (Å²) in [7, 11) is 0. The van der Waals surface area contributed by atoms with Crippen LogP contribution in [0, 0.1) is 0 Å². The number of hydrogen-bond donors (Lipinski definition) is 0. The highest BCUT2D eigenvalue weighted by Crippen LogP contribution is 2.16. The molecule has 0 spiro atoms. The molecule has 0 radical (unpaired) electrons. The Balaban J connectivity index is 4.11. The van der Waals surface area contributed by atoms with Crippen LogP contribution in [-0.2, 0) is 28.6 Å². The van der Waals surface area contributed by atoms with Gasteiger partial charge in [0.2, 0.25) is 0 Å². The van der Waals surface area contributed by atoms with Gasteiger partial charge in [-0.3, -0.25) is 14.4 Å². The molecule has 0 aromatic heterocycles. The lowest BCUT2D eigenvalue weighted by molar-refractivity contribution is -0.167. The van der Waals surface area contributed by atoms with Crippen molar-refractivity contribution in [3.05, 3.63) is 134 Å². The highest BCUT2D eigenvalue weighted by atomic mass is 16.6. The molecule has 0 aromatic rings. The Kier molecular flexibility index (Phi) is 64.3. The maximum absolute atomic E-state index is 12.8. The van der Waals surface area contributed by atoms with E-state index in [-0.39, 0.29) is 31.1 Å². The van der Waals surface area contributed by atoms with Gasteiger partial charge in [-0.2, -0.15) is 0 Å². The van der Waals surface area contributed by atoms with E-state index in [0.717, 1.165) is 141 Å². The summed E-state index contributed by atoms with van der Waals surface area (Å²) in [4.78, 5) is 38.0. The minimum atomic E-state index is -0.789. The third-order valence-corrected chi connectivity index (χ3v) is 14.1. The van der Waals surface area contributed by atoms with Gasteiger partial charge in [-0.25, -0.2) is 0 Å². The first-order chi connectivity index (χ1) is 40.0. The topological polar surface area (TPSA) is 78.9 Å². The standard InChI is InChI=1S/C75H124O6/c1-4-7-10-13-15-17-19-21-23-25-27-29-31-32-33-34-35-36-37-38-39-40-41-42-44-45-47-49-51-53-55-57-59-62-65-68-74(77)80-71-72(70-79-73(76)67-64-61-12-9-6-3)81-75(78)69-66-63-60-58-56-54-52-50-48-46-43-30-28-26-24-22-20-18-16-14-11-8-5-2/h7,10,15,17,21,23,26-29,32-33,35-36,38-39,41-42,45,47,51,53,72H,4-6,8-9,11-14,16,18-20,22,24-25,30-31,34,37,40,43-44,46,48-50,52,54-71H2,1-3H3/b10-7-,17-15-,23-21-,28-26-,29-27-,33-32-,36-35-,39-38-,42-41-,47-45-,53-51-. The smallest absolute Gasteiger partial charge is 0.306 e. The van der Waals surface area contributed by atoms with Gasteiger partial charge in [0.25, 0.3) is 0 Å². The minimum absolute atomic E-state index is 0.0885. The molecule has 0 aliphatic heterocycles. The van der Waals surface area contributed by atoms with E-state index in [1.54, 1.807) is 0 Å². The van der Waals surface area contributed by atoms with E-state index in [9.17, 15) is 14.4 Å². The number of hydrogen-bond acceptors (Lipinski definition) is 6. The Morgan fingerprint density at radius 2 is 0.481 bits per heavy atom. The van der Waals surface area contributed by atoms with Gasteiger partial charge >= 0.3 is 17.9 Å². The average Bonchev–Trinajstić information content (AvgIpc) is 3.47. The van der Waals surface area contributed by atoms with Crippen LogP contribution in [0.5, 0.6) is 0 Å². The lowest BCUT2D eigenvalue weighted by atomic mass is 10.0. The summed E-state index contributed by atoms with van der Waals surface area (Å²) in [6.45, 7) is 6.43. The second kappa shape index (κ2) is 68.1. The summed E-state index contributed by atoms with van der Waals surface area (Å²) < 4.78 is 16.8. The van der Waals surface area contributed by atoms with Gasteiger partial charge in [0, 0.05) is 19.3 Å². The quantitative estimate of drug-likeness (QED) is 0.0261. The van der Waals surface area contributed by atoms with Gasteiger partial charge in [-0.15, -0.1) is 0 Å². The van der Waals surface area contributed by atoms with Crippen molar-refractivity contribution in [2.45, 2.75) is 309 Å². The van der Waals surface area contributed by atoms with E-state index in [2.05, 4.69) is 154 Å². The Morgan fingerprint density at radius 1 is 0.259 bits per heavy atom. The van der Waals surface area contributed by atoms with Gasteiger partial charge in [-0.05, 0) is 122 Å². The van der Waals surface area contributed by atoms with Crippen LogP contribution in [0.3, 0.4) is 0 Å². The Labute approximate surface area is 500 Å². The molecule has 0 aromatic carbocycles. The number of ether oxygens (including phenoxy) is 3. The van der Waals surface area contributed by atoms with E-state index < -0.39 is 6.10 Å². The molecule has 0 N–H and O–H groups in total. The molecule has 0 fully saturated rings. The first kappa shape index (κ1) is 76.5. The van der Waals surface area contributed by atoms with Crippen molar-refractivity contribution in [1.29, 1.82) is 0 Å². The van der Waals surface area contributed by atoms with Crippen LogP contribution in [0.1, 0.15) is 303 Å². The maximum Gasteiger partial charge on any atom is 0.306 e. The molecule has 1 unspecified atom stereocenters. The number of esters is 3. The van der Waals surface area contributed by atoms with Gasteiger partial charge in [-0.1, -0.05) is 296 Å². The molecule has 0 bridgehead atoms. The third kappa shape index (κ3) is 66.2. The van der Waals surface area contributed by atoms with Crippen LogP contribution in [-0.4, -0.2) is 37.2 Å². The molecule has 0 amide bonds. The van der Waals surface area contributed by atoms with Gasteiger partial charge in [0.1, 0.15) is 13.2 Å². The minimum Gasteiger partial charge on any atom is -0.462 e. The Bertz CT molecular complexity index is 1720. The number of rotatable bonds is 60. The predicted molar refractivity (Wildman–Crippen MR) is 353 cm³/mol. The summed E-state index contributed by atoms with van der Waals surface area (Å²) >= 11 is 0. The molecular formula is C75H124O6. The fourth-order valence-corrected chi connectivity index (χ4v) is 9.11. The first-order valence-electron chi connectivity index (χ1n) is 33.7. The fourth-order valence-electron chi connectivity index (χ4n) is 9.11. The van der Waals surface area contributed by atoms with Crippen molar-refractivity contribution in [3.63, 3.8) is 0 Å². The summed E-state index contributed by atoms with van der Waals surface area (Å²) in [6, 6.07) is 0. The van der Waals surface area contributed by atoms with E-state index >= 15 is 0 Å². The lowest BCUT2D eigenvalue weighted by Crippen LogP contribution is -2.30. The fraction of sp³-hybridized carbons (Fsp3) is 0.667. The zero-order valence-corrected chi connectivity index (χ0v) is 52.8. The normalized spacial score (nSPS) is 13.0. The molecule has 81 heavy (non-hydrogen) atoms. The zero-order valence-electron chi connectivity index (χ0n) is 52.8. The van der Waals surface area contributed by atoms with E-state index in [4.69, 9.17) is 14.2 Å². The van der Waals surface area contributed by atoms with E-state index in [1.165, 1.54) is 122 Å². The molecule has 0 saturated heterocycles. The van der Waals surface area contributed by atoms with E-state index in [1.807, 2.05) is 0 Å². The molecule has 460 valence electrons. The van der Waals surface area contributed by atoms with Crippen LogP contribution in [0.15, 0.2) is 134 Å². The number of unbranched alkanes of at least 4 members (excludes halogenated alkanes) is 27. The van der Waals surface area contributed by atoms with Gasteiger partial charge < -0.3 is 14.2 Å². The Hall–Kier alpha value is -4.45. The molecule has 0 aliphatic carbocycles. The number of carbonyl (C=O) groups is 3. The van der Waals surface area contributed by atoms with Crippen molar-refractivity contribution in [3.8, 4) is 0 Å². The molecule has 0 aliphatic rings. The monoisotopic (exact) mass is 1120 g/mol. The highest BCUT2D eigenvalue weighted by Gasteiger charge is 2.19. The van der Waals surface area contributed by atoms with Crippen molar-refractivity contribution in [1.82, 2.24) is 0 Å². The SMILES string of the molecule is CC/C=C\C/C=C\C/C=C\C/C=C\C/C=C\C/C=C\C/C=C\C/C=C\C/C=C\C/C=C\CCCCCCC(=O)OCC(COC(=O)CCCCCCC)OC(=O)CCCCCCCCCCCCC/C=C\CCCCCCCCCC. The van der Waals surface area contributed by atoms with Gasteiger partial charge in [0.15, 0.2) is 6.10 Å². The van der Waals surface area contributed by atoms with Crippen molar-refractivity contribution in [2.24, 2.45) is 0 Å². The molecule has 0 saturated carbocycles. The van der Waals surface area contributed by atoms with E-state index in [0.29, 0.717) is 19.3 Å². The number of carbonyl (C=O) groups excluding carboxylic acids is 3. The molecule has 6 heteroatoms. The Morgan fingerprint density at radius 3 is 0.765 bits per heavy atom. The highest BCUT2D eigenvalue weighted by molar-refractivity contribution is 5.71. The predicted octanol–water partition coefficient (Wildman–Crippen LogP) is 23.3. The van der Waals surface area contributed by atoms with Crippen molar-refractivity contribution in [2.75, 3.05) is 13.2 Å². The number of allylic oxidation sites excluding steroid dienone is 22. The van der Waals surface area contributed by atoms with Crippen LogP contribution in [0.25, 0.3) is 0 Å². The molecule has 0 heterocycles. The van der Waals surface area contributed by atoms with Crippen molar-refractivity contribution < 1.29 is 28.6 Å². The second-order valence-electron chi connectivity index (χ2n) is 22.0. The third-order valence-electron chi connectivity index (χ3n) is 14.1. The molecule has 0 rings (SSSR count). The van der Waals surface area contributed by atoms with Crippen LogP contribution >= 0.6 is 0 Å². The average molecular weight is 1120 g/mol. The lowest BCUT2D eigenvalue weighted by Gasteiger charge is -2.18. The molecular weight excluding hydrogens is 997 g/mol.